The van der Waals surface area contributed by atoms with Gasteiger partial charge in [0.1, 0.15) is 22.8 Å². The molecule has 2 aromatic heterocycles. The molecule has 0 aliphatic heterocycles. The SMILES string of the molecule is C/C(=N\Nc1ncnc2sc(C)c(C)c12)c1ccc(F)cc1F. The molecule has 23 heavy (non-hydrogen) atoms. The van der Waals surface area contributed by atoms with Crippen LogP contribution in [0.3, 0.4) is 0 Å². The lowest BCUT2D eigenvalue weighted by atomic mass is 10.1. The minimum absolute atomic E-state index is 0.238. The first-order valence-corrected chi connectivity index (χ1v) is 7.75. The Morgan fingerprint density at radius 1 is 1.22 bits per heavy atom. The standard InChI is InChI=1S/C16H14F2N4S/c1-8-10(3)23-16-14(8)15(19-7-20-16)22-21-9(2)12-5-4-11(17)6-13(12)18/h4-7H,1-3H3,(H,19,20,22)/b21-9+. The first kappa shape index (κ1) is 15.5. The Kier molecular flexibility index (Phi) is 4.04. The van der Waals surface area contributed by atoms with Gasteiger partial charge in [-0.25, -0.2) is 18.7 Å². The van der Waals surface area contributed by atoms with Crippen LogP contribution in [-0.2, 0) is 0 Å². The van der Waals surface area contributed by atoms with Crippen molar-refractivity contribution in [1.82, 2.24) is 9.97 Å². The second-order valence-electron chi connectivity index (χ2n) is 5.12. The van der Waals surface area contributed by atoms with Gasteiger partial charge in [-0.2, -0.15) is 5.10 Å². The topological polar surface area (TPSA) is 50.2 Å². The Morgan fingerprint density at radius 2 is 2.00 bits per heavy atom. The van der Waals surface area contributed by atoms with Crippen molar-refractivity contribution < 1.29 is 8.78 Å². The molecule has 0 amide bonds. The summed E-state index contributed by atoms with van der Waals surface area (Å²) in [5.41, 5.74) is 4.60. The molecule has 0 saturated carbocycles. The van der Waals surface area contributed by atoms with E-state index in [0.717, 1.165) is 26.7 Å². The Labute approximate surface area is 135 Å². The van der Waals surface area contributed by atoms with Crippen LogP contribution in [0.25, 0.3) is 10.2 Å². The maximum atomic E-state index is 13.8. The van der Waals surface area contributed by atoms with Gasteiger partial charge in [-0.15, -0.1) is 11.3 Å². The maximum absolute atomic E-state index is 13.8. The third kappa shape index (κ3) is 2.92. The molecular weight excluding hydrogens is 318 g/mol. The van der Waals surface area contributed by atoms with Crippen LogP contribution in [0.5, 0.6) is 0 Å². The number of hydrazone groups is 1. The van der Waals surface area contributed by atoms with Gasteiger partial charge in [-0.05, 0) is 38.5 Å². The van der Waals surface area contributed by atoms with E-state index in [-0.39, 0.29) is 5.56 Å². The van der Waals surface area contributed by atoms with E-state index in [4.69, 9.17) is 0 Å². The van der Waals surface area contributed by atoms with Crippen molar-refractivity contribution in [2.75, 3.05) is 5.43 Å². The predicted molar refractivity (Wildman–Crippen MR) is 89.1 cm³/mol. The highest BCUT2D eigenvalue weighted by atomic mass is 32.1. The van der Waals surface area contributed by atoms with Crippen molar-refractivity contribution in [2.24, 2.45) is 5.10 Å². The fourth-order valence-corrected chi connectivity index (χ4v) is 3.24. The first-order valence-electron chi connectivity index (χ1n) is 6.94. The number of nitrogens with zero attached hydrogens (tertiary/aromatic N) is 3. The van der Waals surface area contributed by atoms with Gasteiger partial charge in [-0.3, -0.25) is 5.43 Å². The average Bonchev–Trinajstić information content (AvgIpc) is 2.80. The second-order valence-corrected chi connectivity index (χ2v) is 6.32. The van der Waals surface area contributed by atoms with Crippen molar-refractivity contribution in [3.63, 3.8) is 0 Å². The van der Waals surface area contributed by atoms with Gasteiger partial charge in [0.05, 0.1) is 11.1 Å². The summed E-state index contributed by atoms with van der Waals surface area (Å²) >= 11 is 1.59. The van der Waals surface area contributed by atoms with E-state index in [9.17, 15) is 8.78 Å². The second kappa shape index (κ2) is 6.00. The maximum Gasteiger partial charge on any atom is 0.158 e. The molecule has 3 aromatic rings. The summed E-state index contributed by atoms with van der Waals surface area (Å²) in [6.45, 7) is 5.67. The lowest BCUT2D eigenvalue weighted by molar-refractivity contribution is 0.581. The van der Waals surface area contributed by atoms with Gasteiger partial charge in [0.25, 0.3) is 0 Å². The van der Waals surface area contributed by atoms with Gasteiger partial charge >= 0.3 is 0 Å². The molecule has 0 saturated heterocycles. The van der Waals surface area contributed by atoms with Crippen LogP contribution < -0.4 is 5.43 Å². The zero-order valence-corrected chi connectivity index (χ0v) is 13.6. The fraction of sp³-hybridized carbons (Fsp3) is 0.188. The predicted octanol–water partition coefficient (Wildman–Crippen LogP) is 4.42. The van der Waals surface area contributed by atoms with Crippen LogP contribution >= 0.6 is 11.3 Å². The molecule has 1 aromatic carbocycles. The summed E-state index contributed by atoms with van der Waals surface area (Å²) in [6, 6.07) is 3.40. The number of nitrogens with one attached hydrogen (secondary N) is 1. The Balaban J connectivity index is 1.96. The summed E-state index contributed by atoms with van der Waals surface area (Å²) in [6.07, 6.45) is 1.46. The van der Waals surface area contributed by atoms with E-state index in [1.165, 1.54) is 18.5 Å². The molecule has 2 heterocycles. The summed E-state index contributed by atoms with van der Waals surface area (Å²) < 4.78 is 26.7. The highest BCUT2D eigenvalue weighted by molar-refractivity contribution is 7.18. The minimum Gasteiger partial charge on any atom is -0.260 e. The highest BCUT2D eigenvalue weighted by Crippen LogP contribution is 2.32. The van der Waals surface area contributed by atoms with Crippen LogP contribution in [0.15, 0.2) is 29.6 Å². The smallest absolute Gasteiger partial charge is 0.158 e. The molecule has 3 rings (SSSR count). The van der Waals surface area contributed by atoms with Crippen molar-refractivity contribution in [3.05, 3.63) is 52.2 Å². The summed E-state index contributed by atoms with van der Waals surface area (Å²) in [4.78, 5) is 10.5. The van der Waals surface area contributed by atoms with E-state index in [0.29, 0.717) is 11.5 Å². The molecule has 0 unspecified atom stereocenters. The number of thiophene rings is 1. The van der Waals surface area contributed by atoms with Crippen LogP contribution in [0.2, 0.25) is 0 Å². The molecule has 0 fully saturated rings. The van der Waals surface area contributed by atoms with Gasteiger partial charge in [0, 0.05) is 16.5 Å². The van der Waals surface area contributed by atoms with Gasteiger partial charge in [0.2, 0.25) is 0 Å². The monoisotopic (exact) mass is 332 g/mol. The average molecular weight is 332 g/mol. The van der Waals surface area contributed by atoms with E-state index < -0.39 is 11.6 Å². The molecule has 0 bridgehead atoms. The van der Waals surface area contributed by atoms with Crippen molar-refractivity contribution in [2.45, 2.75) is 20.8 Å². The summed E-state index contributed by atoms with van der Waals surface area (Å²) in [5.74, 6) is -0.698. The van der Waals surface area contributed by atoms with Crippen LogP contribution in [0, 0.1) is 25.5 Å². The molecule has 0 aliphatic carbocycles. The number of fused-ring (bicyclic) bond motifs is 1. The van der Waals surface area contributed by atoms with E-state index >= 15 is 0 Å². The van der Waals surface area contributed by atoms with E-state index in [2.05, 4.69) is 20.5 Å². The quantitative estimate of drug-likeness (QED) is 0.570. The number of rotatable bonds is 3. The zero-order chi connectivity index (χ0) is 16.6. The molecule has 0 atom stereocenters. The van der Waals surface area contributed by atoms with E-state index in [1.54, 1.807) is 18.3 Å². The van der Waals surface area contributed by atoms with E-state index in [1.807, 2.05) is 13.8 Å². The van der Waals surface area contributed by atoms with Crippen molar-refractivity contribution in [3.8, 4) is 0 Å². The third-order valence-corrected chi connectivity index (χ3v) is 4.73. The largest absolute Gasteiger partial charge is 0.260 e. The third-order valence-electron chi connectivity index (χ3n) is 3.62. The summed E-state index contributed by atoms with van der Waals surface area (Å²) in [5, 5.41) is 5.08. The number of halogens is 2. The first-order chi connectivity index (χ1) is 11.0. The molecule has 4 nitrogen and oxygen atoms in total. The molecule has 1 N–H and O–H groups in total. The van der Waals surface area contributed by atoms with Gasteiger partial charge < -0.3 is 0 Å². The molecule has 0 aliphatic rings. The van der Waals surface area contributed by atoms with Crippen molar-refractivity contribution >= 4 is 33.1 Å². The Morgan fingerprint density at radius 3 is 2.74 bits per heavy atom. The molecule has 0 spiro atoms. The molecular formula is C16H14F2N4S. The Hall–Kier alpha value is -2.41. The number of aromatic nitrogens is 2. The van der Waals surface area contributed by atoms with Crippen LogP contribution in [0.4, 0.5) is 14.6 Å². The number of hydrogen-bond acceptors (Lipinski definition) is 5. The van der Waals surface area contributed by atoms with Crippen LogP contribution in [0.1, 0.15) is 22.9 Å². The molecule has 7 heteroatoms. The molecule has 118 valence electrons. The lowest BCUT2D eigenvalue weighted by Gasteiger charge is -2.06. The molecule has 0 radical (unpaired) electrons. The van der Waals surface area contributed by atoms with Crippen molar-refractivity contribution in [1.29, 1.82) is 0 Å². The number of aryl methyl sites for hydroxylation is 2. The Bertz CT molecular complexity index is 918. The normalized spacial score (nSPS) is 12.0. The summed E-state index contributed by atoms with van der Waals surface area (Å²) in [7, 11) is 0. The minimum atomic E-state index is -0.650. The number of anilines is 1. The zero-order valence-electron chi connectivity index (χ0n) is 12.8. The van der Waals surface area contributed by atoms with Gasteiger partial charge in [-0.1, -0.05) is 0 Å². The number of benzene rings is 1. The van der Waals surface area contributed by atoms with Gasteiger partial charge in [0.15, 0.2) is 5.82 Å². The highest BCUT2D eigenvalue weighted by Gasteiger charge is 2.12. The fourth-order valence-electron chi connectivity index (χ4n) is 2.25. The van der Waals surface area contributed by atoms with Crippen LogP contribution in [-0.4, -0.2) is 15.7 Å². The lowest BCUT2D eigenvalue weighted by Crippen LogP contribution is -2.04. The number of hydrogen-bond donors (Lipinski definition) is 1.